The molecule has 35 heavy (non-hydrogen) atoms. The summed E-state index contributed by atoms with van der Waals surface area (Å²) >= 11 is 5.85. The molecule has 180 valence electrons. The van der Waals surface area contributed by atoms with E-state index in [9.17, 15) is 13.5 Å². The van der Waals surface area contributed by atoms with Crippen molar-refractivity contribution >= 4 is 33.1 Å². The lowest BCUT2D eigenvalue weighted by Gasteiger charge is -2.21. The third kappa shape index (κ3) is 4.84. The number of rotatable bonds is 8. The number of phenolic OH excluding ortho intramolecular Hbond substituents is 1. The number of sulfonamides is 1. The minimum absolute atomic E-state index is 0.145. The third-order valence-corrected chi connectivity index (χ3v) is 7.50. The van der Waals surface area contributed by atoms with Crippen molar-refractivity contribution in [3.63, 3.8) is 0 Å². The number of hydrogen-bond donors (Lipinski definition) is 2. The first-order valence-electron chi connectivity index (χ1n) is 10.4. The van der Waals surface area contributed by atoms with E-state index in [1.54, 1.807) is 37.3 Å². The second-order valence-corrected chi connectivity index (χ2v) is 10.1. The molecule has 0 amide bonds. The standard InChI is InChI=1S/C23H21ClN6O4S/c1-14(21-25-12-17(24)13-26-21)15(2)35(32,33)29-23-28-27-22(16-8-5-4-6-9-16)30(23)20-18(31)10-7-11-19(20)34-3/h4-5,7-8,10-15,31H,1-3H3,(H,28,29)/t14-,15-/m0/s1. The fourth-order valence-electron chi connectivity index (χ4n) is 3.38. The molecule has 1 aliphatic carbocycles. The molecule has 0 spiro atoms. The van der Waals surface area contributed by atoms with Crippen molar-refractivity contribution < 1.29 is 18.3 Å². The van der Waals surface area contributed by atoms with Crippen molar-refractivity contribution in [3.05, 3.63) is 77.0 Å². The molecule has 4 rings (SSSR count). The van der Waals surface area contributed by atoms with Crippen LogP contribution in [-0.2, 0) is 10.0 Å². The maximum Gasteiger partial charge on any atom is 0.243 e. The Hall–Kier alpha value is -3.88. The van der Waals surface area contributed by atoms with Gasteiger partial charge in [-0.1, -0.05) is 42.1 Å². The molecule has 1 aliphatic rings. The molecule has 0 radical (unpaired) electrons. The monoisotopic (exact) mass is 512 g/mol. The van der Waals surface area contributed by atoms with Crippen molar-refractivity contribution in [3.8, 4) is 17.2 Å². The molecule has 2 heterocycles. The Labute approximate surface area is 207 Å². The van der Waals surface area contributed by atoms with Gasteiger partial charge in [-0.2, -0.15) is 0 Å². The Balaban J connectivity index is 1.80. The number of allylic oxidation sites excluding steroid dienone is 4. The van der Waals surface area contributed by atoms with E-state index in [4.69, 9.17) is 16.3 Å². The van der Waals surface area contributed by atoms with E-state index in [0.717, 1.165) is 0 Å². The Morgan fingerprint density at radius 3 is 2.60 bits per heavy atom. The first-order valence-corrected chi connectivity index (χ1v) is 12.3. The first-order chi connectivity index (χ1) is 16.7. The summed E-state index contributed by atoms with van der Waals surface area (Å²) in [4.78, 5) is 8.27. The number of nitrogens with one attached hydrogen (secondary N) is 1. The molecule has 3 aromatic rings. The summed E-state index contributed by atoms with van der Waals surface area (Å²) in [5.74, 6) is -0.0538. The number of aromatic nitrogens is 5. The maximum atomic E-state index is 13.4. The van der Waals surface area contributed by atoms with Gasteiger partial charge in [0.25, 0.3) is 0 Å². The highest BCUT2D eigenvalue weighted by Gasteiger charge is 2.32. The average molecular weight is 513 g/mol. The lowest BCUT2D eigenvalue weighted by molar-refractivity contribution is 0.404. The average Bonchev–Trinajstić information content (AvgIpc) is 3.26. The molecule has 12 heteroatoms. The molecule has 0 saturated heterocycles. The van der Waals surface area contributed by atoms with E-state index < -0.39 is 21.2 Å². The smallest absolute Gasteiger partial charge is 0.243 e. The van der Waals surface area contributed by atoms with Crippen LogP contribution >= 0.6 is 11.6 Å². The molecule has 0 unspecified atom stereocenters. The topological polar surface area (TPSA) is 132 Å². The lowest BCUT2D eigenvalue weighted by Crippen LogP contribution is -2.31. The normalized spacial score (nSPS) is 14.5. The zero-order valence-electron chi connectivity index (χ0n) is 19.0. The highest BCUT2D eigenvalue weighted by molar-refractivity contribution is 7.93. The van der Waals surface area contributed by atoms with Gasteiger partial charge in [-0.25, -0.2) is 18.4 Å². The van der Waals surface area contributed by atoms with Gasteiger partial charge in [0, 0.05) is 18.3 Å². The quantitative estimate of drug-likeness (QED) is 0.437. The Morgan fingerprint density at radius 1 is 1.20 bits per heavy atom. The molecule has 2 atom stereocenters. The third-order valence-electron chi connectivity index (χ3n) is 5.45. The number of phenols is 1. The molecule has 2 N–H and O–H groups in total. The van der Waals surface area contributed by atoms with Gasteiger partial charge in [0.05, 0.1) is 23.0 Å². The van der Waals surface area contributed by atoms with Gasteiger partial charge >= 0.3 is 0 Å². The molecule has 0 saturated carbocycles. The minimum atomic E-state index is -4.03. The molecule has 2 aromatic heterocycles. The van der Waals surface area contributed by atoms with Crippen LogP contribution in [-0.4, -0.2) is 50.6 Å². The largest absolute Gasteiger partial charge is 0.506 e. The van der Waals surface area contributed by atoms with E-state index in [1.807, 2.05) is 0 Å². The molecular weight excluding hydrogens is 492 g/mol. The minimum Gasteiger partial charge on any atom is -0.506 e. The molecule has 1 aromatic carbocycles. The number of nitrogens with zero attached hydrogens (tertiary/aromatic N) is 5. The molecular formula is C23H21ClN6O4S. The zero-order valence-corrected chi connectivity index (χ0v) is 20.5. The van der Waals surface area contributed by atoms with Crippen LogP contribution in [0.4, 0.5) is 5.95 Å². The number of methoxy groups -OCH3 is 1. The van der Waals surface area contributed by atoms with E-state index in [-0.39, 0.29) is 29.0 Å². The van der Waals surface area contributed by atoms with Crippen molar-refractivity contribution in [1.82, 2.24) is 24.7 Å². The predicted molar refractivity (Wildman–Crippen MR) is 131 cm³/mol. The van der Waals surface area contributed by atoms with Gasteiger partial charge < -0.3 is 9.84 Å². The second kappa shape index (κ2) is 9.77. The van der Waals surface area contributed by atoms with E-state index in [0.29, 0.717) is 16.4 Å². The Morgan fingerprint density at radius 2 is 1.94 bits per heavy atom. The van der Waals surface area contributed by atoms with Crippen molar-refractivity contribution in [2.45, 2.75) is 25.0 Å². The van der Waals surface area contributed by atoms with Crippen molar-refractivity contribution in [1.29, 1.82) is 0 Å². The summed E-state index contributed by atoms with van der Waals surface area (Å²) < 4.78 is 36.0. The Kier molecular flexibility index (Phi) is 6.77. The van der Waals surface area contributed by atoms with Gasteiger partial charge in [0.2, 0.25) is 16.0 Å². The molecule has 0 fully saturated rings. The van der Waals surface area contributed by atoms with Crippen LogP contribution in [0.15, 0.2) is 60.3 Å². The number of ether oxygens (including phenoxy) is 1. The number of hydrogen-bond acceptors (Lipinski definition) is 8. The van der Waals surface area contributed by atoms with Gasteiger partial charge in [-0.3, -0.25) is 9.29 Å². The predicted octanol–water partition coefficient (Wildman–Crippen LogP) is 3.62. The van der Waals surface area contributed by atoms with Gasteiger partial charge in [0.15, 0.2) is 5.82 Å². The van der Waals surface area contributed by atoms with E-state index in [1.165, 1.54) is 37.1 Å². The van der Waals surface area contributed by atoms with Crippen LogP contribution in [0.25, 0.3) is 11.3 Å². The fraction of sp³-hybridized carbons (Fsp3) is 0.217. The number of benzene rings is 1. The van der Waals surface area contributed by atoms with Crippen LogP contribution in [0.1, 0.15) is 31.4 Å². The summed E-state index contributed by atoms with van der Waals surface area (Å²) in [6.07, 6.45) is 7.93. The summed E-state index contributed by atoms with van der Waals surface area (Å²) in [5, 5.41) is 18.3. The van der Waals surface area contributed by atoms with Gasteiger partial charge in [-0.15, -0.1) is 10.2 Å². The van der Waals surface area contributed by atoms with Crippen LogP contribution in [0, 0.1) is 0 Å². The van der Waals surface area contributed by atoms with Crippen molar-refractivity contribution in [2.75, 3.05) is 11.8 Å². The number of halogens is 1. The highest BCUT2D eigenvalue weighted by atomic mass is 35.5. The van der Waals surface area contributed by atoms with Crippen LogP contribution < -0.4 is 9.46 Å². The summed E-state index contributed by atoms with van der Waals surface area (Å²) in [6, 6.07) is 4.67. The number of para-hydroxylation sites is 1. The van der Waals surface area contributed by atoms with Crippen LogP contribution in [0.5, 0.6) is 11.5 Å². The van der Waals surface area contributed by atoms with Gasteiger partial charge in [0.1, 0.15) is 23.0 Å². The highest BCUT2D eigenvalue weighted by Crippen LogP contribution is 2.36. The van der Waals surface area contributed by atoms with E-state index >= 15 is 0 Å². The molecule has 10 nitrogen and oxygen atoms in total. The zero-order chi connectivity index (χ0) is 25.2. The number of anilines is 1. The summed E-state index contributed by atoms with van der Waals surface area (Å²) in [6.45, 7) is 3.23. The van der Waals surface area contributed by atoms with Crippen molar-refractivity contribution in [2.24, 2.45) is 0 Å². The molecule has 0 bridgehead atoms. The second-order valence-electron chi connectivity index (χ2n) is 7.62. The summed E-state index contributed by atoms with van der Waals surface area (Å²) in [7, 11) is -2.59. The Bertz CT molecular complexity index is 1500. The first kappa shape index (κ1) is 24.3. The molecule has 0 aliphatic heterocycles. The van der Waals surface area contributed by atoms with Crippen LogP contribution in [0.2, 0.25) is 5.02 Å². The van der Waals surface area contributed by atoms with E-state index in [2.05, 4.69) is 36.3 Å². The van der Waals surface area contributed by atoms with Crippen LogP contribution in [0.3, 0.4) is 0 Å². The van der Waals surface area contributed by atoms with Gasteiger partial charge in [-0.05, 0) is 31.2 Å². The fourth-order valence-corrected chi connectivity index (χ4v) is 4.71. The number of aromatic hydroxyl groups is 1. The lowest BCUT2D eigenvalue weighted by atomic mass is 10.1. The maximum absolute atomic E-state index is 13.4. The summed E-state index contributed by atoms with van der Waals surface area (Å²) in [5.41, 5.74) is 6.39. The SMILES string of the molecule is COc1cccc(O)c1-n1c(NS(=O)(=O)[C@@H](C)[C@H](C)c2ncc(Cl)cn2)nnc1C1=C=C=CC=C1.